The van der Waals surface area contributed by atoms with Crippen LogP contribution in [0, 0.1) is 18.3 Å². The van der Waals surface area contributed by atoms with Crippen molar-refractivity contribution < 1.29 is 4.74 Å². The standard InChI is InChI=1S/C13H14N2O/c1-9-6-11-10(4-5-14)8-15(2)13(11)12(7-9)16-3/h6-8H,4H2,1-3H3. The van der Waals surface area contributed by atoms with Crippen LogP contribution >= 0.6 is 0 Å². The van der Waals surface area contributed by atoms with E-state index in [2.05, 4.69) is 12.1 Å². The molecule has 1 aromatic carbocycles. The zero-order valence-corrected chi connectivity index (χ0v) is 9.74. The molecule has 1 aromatic heterocycles. The van der Waals surface area contributed by atoms with Crippen molar-refractivity contribution in [3.63, 3.8) is 0 Å². The average molecular weight is 214 g/mol. The van der Waals surface area contributed by atoms with Crippen LogP contribution in [0.25, 0.3) is 10.9 Å². The van der Waals surface area contributed by atoms with Gasteiger partial charge in [-0.1, -0.05) is 0 Å². The SMILES string of the molecule is COc1cc(C)cc2c(CC#N)cn(C)c12. The molecule has 0 saturated carbocycles. The molecule has 82 valence electrons. The number of benzene rings is 1. The van der Waals surface area contributed by atoms with Crippen LogP contribution in [0.2, 0.25) is 0 Å². The highest BCUT2D eigenvalue weighted by atomic mass is 16.5. The van der Waals surface area contributed by atoms with Crippen molar-refractivity contribution in [1.29, 1.82) is 5.26 Å². The molecule has 0 bridgehead atoms. The van der Waals surface area contributed by atoms with Crippen molar-refractivity contribution in [2.45, 2.75) is 13.3 Å². The predicted molar refractivity (Wildman–Crippen MR) is 63.5 cm³/mol. The third kappa shape index (κ3) is 1.53. The van der Waals surface area contributed by atoms with E-state index in [-0.39, 0.29) is 0 Å². The maximum absolute atomic E-state index is 8.79. The molecule has 2 rings (SSSR count). The maximum Gasteiger partial charge on any atom is 0.143 e. The lowest BCUT2D eigenvalue weighted by atomic mass is 10.1. The Hall–Kier alpha value is -1.95. The normalized spacial score (nSPS) is 10.4. The van der Waals surface area contributed by atoms with Crippen LogP contribution < -0.4 is 4.74 Å². The van der Waals surface area contributed by atoms with E-state index < -0.39 is 0 Å². The second-order valence-electron chi connectivity index (χ2n) is 3.96. The summed E-state index contributed by atoms with van der Waals surface area (Å²) in [5.41, 5.74) is 3.26. The molecule has 3 nitrogen and oxygen atoms in total. The molecule has 0 fully saturated rings. The first-order chi connectivity index (χ1) is 7.67. The van der Waals surface area contributed by atoms with Crippen molar-refractivity contribution in [2.24, 2.45) is 7.05 Å². The molecule has 0 amide bonds. The van der Waals surface area contributed by atoms with Gasteiger partial charge in [-0.2, -0.15) is 5.26 Å². The maximum atomic E-state index is 8.79. The predicted octanol–water partition coefficient (Wildman–Crippen LogP) is 2.56. The Morgan fingerprint density at radius 1 is 1.44 bits per heavy atom. The third-order valence-electron chi connectivity index (χ3n) is 2.76. The number of ether oxygens (including phenoxy) is 1. The van der Waals surface area contributed by atoms with Crippen LogP contribution in [-0.4, -0.2) is 11.7 Å². The highest BCUT2D eigenvalue weighted by Crippen LogP contribution is 2.30. The fourth-order valence-corrected chi connectivity index (χ4v) is 2.10. The largest absolute Gasteiger partial charge is 0.495 e. The number of hydrogen-bond acceptors (Lipinski definition) is 2. The molecule has 0 atom stereocenters. The smallest absolute Gasteiger partial charge is 0.143 e. The Bertz CT molecular complexity index is 576. The first kappa shape index (κ1) is 10.6. The minimum atomic E-state index is 0.434. The van der Waals surface area contributed by atoms with E-state index in [0.29, 0.717) is 6.42 Å². The van der Waals surface area contributed by atoms with E-state index in [1.54, 1.807) is 7.11 Å². The lowest BCUT2D eigenvalue weighted by Crippen LogP contribution is -1.90. The van der Waals surface area contributed by atoms with E-state index in [4.69, 9.17) is 10.00 Å². The van der Waals surface area contributed by atoms with Crippen LogP contribution in [0.5, 0.6) is 5.75 Å². The Kier molecular flexibility index (Phi) is 2.57. The molecule has 0 aliphatic heterocycles. The quantitative estimate of drug-likeness (QED) is 0.770. The molecule has 0 aliphatic rings. The second-order valence-corrected chi connectivity index (χ2v) is 3.96. The number of aromatic nitrogens is 1. The number of methoxy groups -OCH3 is 1. The first-order valence-electron chi connectivity index (χ1n) is 5.17. The molecule has 0 N–H and O–H groups in total. The fraction of sp³-hybridized carbons (Fsp3) is 0.308. The van der Waals surface area contributed by atoms with Gasteiger partial charge < -0.3 is 9.30 Å². The van der Waals surface area contributed by atoms with Gasteiger partial charge in [0, 0.05) is 18.6 Å². The van der Waals surface area contributed by atoms with Gasteiger partial charge in [0.25, 0.3) is 0 Å². The Morgan fingerprint density at radius 2 is 2.19 bits per heavy atom. The van der Waals surface area contributed by atoms with Crippen LogP contribution in [0.15, 0.2) is 18.3 Å². The summed E-state index contributed by atoms with van der Waals surface area (Å²) in [6, 6.07) is 6.31. The monoisotopic (exact) mass is 214 g/mol. The number of nitriles is 1. The Balaban J connectivity index is 2.80. The van der Waals surface area contributed by atoms with Crippen LogP contribution in [-0.2, 0) is 13.5 Å². The minimum Gasteiger partial charge on any atom is -0.495 e. The Labute approximate surface area is 94.9 Å². The molecule has 3 heteroatoms. The summed E-state index contributed by atoms with van der Waals surface area (Å²) in [7, 11) is 3.65. The molecule has 0 unspecified atom stereocenters. The van der Waals surface area contributed by atoms with Crippen LogP contribution in [0.3, 0.4) is 0 Å². The van der Waals surface area contributed by atoms with Gasteiger partial charge in [-0.3, -0.25) is 0 Å². The fourth-order valence-electron chi connectivity index (χ4n) is 2.10. The van der Waals surface area contributed by atoms with Gasteiger partial charge in [-0.25, -0.2) is 0 Å². The summed E-state index contributed by atoms with van der Waals surface area (Å²) in [6.45, 7) is 2.03. The van der Waals surface area contributed by atoms with Gasteiger partial charge in [-0.05, 0) is 30.2 Å². The van der Waals surface area contributed by atoms with Gasteiger partial charge >= 0.3 is 0 Å². The highest BCUT2D eigenvalue weighted by molar-refractivity contribution is 5.90. The van der Waals surface area contributed by atoms with Crippen molar-refractivity contribution in [1.82, 2.24) is 4.57 Å². The number of aryl methyl sites for hydroxylation is 2. The zero-order chi connectivity index (χ0) is 11.7. The summed E-state index contributed by atoms with van der Waals surface area (Å²) in [5, 5.41) is 9.91. The van der Waals surface area contributed by atoms with E-state index >= 15 is 0 Å². The number of nitrogens with zero attached hydrogens (tertiary/aromatic N) is 2. The summed E-state index contributed by atoms with van der Waals surface area (Å²) < 4.78 is 7.39. The van der Waals surface area contributed by atoms with E-state index in [0.717, 1.165) is 27.8 Å². The van der Waals surface area contributed by atoms with Gasteiger partial charge in [0.05, 0.1) is 25.1 Å². The first-order valence-corrected chi connectivity index (χ1v) is 5.17. The summed E-state index contributed by atoms with van der Waals surface area (Å²) >= 11 is 0. The van der Waals surface area contributed by atoms with Crippen molar-refractivity contribution in [3.8, 4) is 11.8 Å². The van der Waals surface area contributed by atoms with Crippen LogP contribution in [0.4, 0.5) is 0 Å². The molecule has 0 radical (unpaired) electrons. The second kappa shape index (κ2) is 3.90. The van der Waals surface area contributed by atoms with E-state index in [1.807, 2.05) is 30.8 Å². The van der Waals surface area contributed by atoms with Gasteiger partial charge in [0.15, 0.2) is 0 Å². The van der Waals surface area contributed by atoms with Gasteiger partial charge in [0.1, 0.15) is 5.75 Å². The van der Waals surface area contributed by atoms with Crippen molar-refractivity contribution >= 4 is 10.9 Å². The third-order valence-corrected chi connectivity index (χ3v) is 2.76. The molecule has 16 heavy (non-hydrogen) atoms. The molecule has 0 aliphatic carbocycles. The molecule has 0 spiro atoms. The van der Waals surface area contributed by atoms with Crippen LogP contribution in [0.1, 0.15) is 11.1 Å². The highest BCUT2D eigenvalue weighted by Gasteiger charge is 2.11. The molecular formula is C13H14N2O. The number of fused-ring (bicyclic) bond motifs is 1. The van der Waals surface area contributed by atoms with E-state index in [9.17, 15) is 0 Å². The number of rotatable bonds is 2. The average Bonchev–Trinajstić information content (AvgIpc) is 2.55. The van der Waals surface area contributed by atoms with Gasteiger partial charge in [0.2, 0.25) is 0 Å². The lowest BCUT2D eigenvalue weighted by Gasteiger charge is -2.06. The Morgan fingerprint density at radius 3 is 2.81 bits per heavy atom. The minimum absolute atomic E-state index is 0.434. The summed E-state index contributed by atoms with van der Waals surface area (Å²) in [4.78, 5) is 0. The topological polar surface area (TPSA) is 37.9 Å². The van der Waals surface area contributed by atoms with Crippen molar-refractivity contribution in [3.05, 3.63) is 29.5 Å². The summed E-state index contributed by atoms with van der Waals surface area (Å²) in [6.07, 6.45) is 2.43. The van der Waals surface area contributed by atoms with E-state index in [1.165, 1.54) is 0 Å². The zero-order valence-electron chi connectivity index (χ0n) is 9.74. The molecule has 2 aromatic rings. The summed E-state index contributed by atoms with van der Waals surface area (Å²) in [5.74, 6) is 0.863. The van der Waals surface area contributed by atoms with Gasteiger partial charge in [-0.15, -0.1) is 0 Å². The molecular weight excluding hydrogens is 200 g/mol. The molecule has 0 saturated heterocycles. The number of hydrogen-bond donors (Lipinski definition) is 0. The van der Waals surface area contributed by atoms with Crippen molar-refractivity contribution in [2.75, 3.05) is 7.11 Å². The lowest BCUT2D eigenvalue weighted by molar-refractivity contribution is 0.417. The molecule has 1 heterocycles.